The van der Waals surface area contributed by atoms with Crippen LogP contribution in [0.5, 0.6) is 5.75 Å². The number of fused-ring (bicyclic) bond motifs is 1. The van der Waals surface area contributed by atoms with Crippen molar-refractivity contribution in [1.82, 2.24) is 0 Å². The number of rotatable bonds is 3. The Morgan fingerprint density at radius 1 is 1.40 bits per heavy atom. The van der Waals surface area contributed by atoms with E-state index < -0.39 is 0 Å². The highest BCUT2D eigenvalue weighted by Crippen LogP contribution is 2.33. The van der Waals surface area contributed by atoms with Gasteiger partial charge in [0.15, 0.2) is 0 Å². The predicted molar refractivity (Wildman–Crippen MR) is 65.9 cm³/mol. The van der Waals surface area contributed by atoms with E-state index in [1.54, 1.807) is 7.11 Å². The highest BCUT2D eigenvalue weighted by molar-refractivity contribution is 7.19. The summed E-state index contributed by atoms with van der Waals surface area (Å²) >= 11 is 1.83. The zero-order chi connectivity index (χ0) is 10.8. The lowest BCUT2D eigenvalue weighted by Gasteiger charge is -2.01. The summed E-state index contributed by atoms with van der Waals surface area (Å²) in [4.78, 5) is 1.36. The largest absolute Gasteiger partial charge is 0.497 e. The van der Waals surface area contributed by atoms with E-state index in [1.165, 1.54) is 20.5 Å². The summed E-state index contributed by atoms with van der Waals surface area (Å²) in [5, 5.41) is 1.29. The summed E-state index contributed by atoms with van der Waals surface area (Å²) in [7, 11) is 1.70. The minimum atomic E-state index is 0.698. The van der Waals surface area contributed by atoms with E-state index in [2.05, 4.69) is 19.1 Å². The summed E-state index contributed by atoms with van der Waals surface area (Å²) in [5.41, 5.74) is 7.00. The van der Waals surface area contributed by atoms with E-state index in [0.717, 1.165) is 12.2 Å². The summed E-state index contributed by atoms with van der Waals surface area (Å²) < 4.78 is 6.55. The number of aryl methyl sites for hydroxylation is 1. The van der Waals surface area contributed by atoms with Crippen molar-refractivity contribution in [2.24, 2.45) is 5.73 Å². The molecule has 0 unspecified atom stereocenters. The average Bonchev–Trinajstić information content (AvgIpc) is 2.55. The summed E-state index contributed by atoms with van der Waals surface area (Å²) in [6, 6.07) is 6.22. The van der Waals surface area contributed by atoms with Crippen LogP contribution in [-0.2, 0) is 6.42 Å². The van der Waals surface area contributed by atoms with Crippen LogP contribution in [-0.4, -0.2) is 13.7 Å². The van der Waals surface area contributed by atoms with Crippen LogP contribution in [0, 0.1) is 6.92 Å². The maximum atomic E-state index is 5.62. The van der Waals surface area contributed by atoms with Crippen LogP contribution in [0.2, 0.25) is 0 Å². The predicted octanol–water partition coefficient (Wildman–Crippen LogP) is 2.72. The van der Waals surface area contributed by atoms with Crippen LogP contribution in [0.4, 0.5) is 0 Å². The van der Waals surface area contributed by atoms with Crippen LogP contribution in [0.15, 0.2) is 18.2 Å². The van der Waals surface area contributed by atoms with Gasteiger partial charge in [-0.1, -0.05) is 0 Å². The van der Waals surface area contributed by atoms with Crippen molar-refractivity contribution >= 4 is 21.4 Å². The monoisotopic (exact) mass is 221 g/mol. The van der Waals surface area contributed by atoms with Gasteiger partial charge in [0.2, 0.25) is 0 Å². The molecule has 1 aromatic heterocycles. The highest BCUT2D eigenvalue weighted by atomic mass is 32.1. The number of hydrogen-bond donors (Lipinski definition) is 1. The van der Waals surface area contributed by atoms with Gasteiger partial charge >= 0.3 is 0 Å². The van der Waals surface area contributed by atoms with E-state index in [9.17, 15) is 0 Å². The van der Waals surface area contributed by atoms with Gasteiger partial charge in [-0.3, -0.25) is 0 Å². The molecule has 0 atom stereocenters. The fourth-order valence-electron chi connectivity index (χ4n) is 1.83. The molecule has 80 valence electrons. The van der Waals surface area contributed by atoms with Crippen molar-refractivity contribution in [3.8, 4) is 5.75 Å². The van der Waals surface area contributed by atoms with Gasteiger partial charge in [-0.25, -0.2) is 0 Å². The van der Waals surface area contributed by atoms with Crippen molar-refractivity contribution in [3.05, 3.63) is 28.6 Å². The Morgan fingerprint density at radius 2 is 2.20 bits per heavy atom. The average molecular weight is 221 g/mol. The van der Waals surface area contributed by atoms with Crippen LogP contribution in [0.3, 0.4) is 0 Å². The van der Waals surface area contributed by atoms with Gasteiger partial charge in [0.1, 0.15) is 5.75 Å². The lowest BCUT2D eigenvalue weighted by atomic mass is 10.1. The normalized spacial score (nSPS) is 10.9. The number of ether oxygens (including phenoxy) is 1. The molecule has 0 saturated carbocycles. The fraction of sp³-hybridized carbons (Fsp3) is 0.333. The van der Waals surface area contributed by atoms with Gasteiger partial charge in [-0.15, -0.1) is 11.3 Å². The number of nitrogens with two attached hydrogens (primary N) is 1. The van der Waals surface area contributed by atoms with E-state index in [4.69, 9.17) is 10.5 Å². The smallest absolute Gasteiger partial charge is 0.119 e. The maximum absolute atomic E-state index is 5.62. The molecule has 2 nitrogen and oxygen atoms in total. The Balaban J connectivity index is 2.61. The first-order valence-corrected chi connectivity index (χ1v) is 5.84. The van der Waals surface area contributed by atoms with Crippen molar-refractivity contribution in [2.45, 2.75) is 13.3 Å². The topological polar surface area (TPSA) is 35.2 Å². The second-order valence-electron chi connectivity index (χ2n) is 3.54. The molecule has 2 N–H and O–H groups in total. The molecule has 1 aromatic carbocycles. The number of methoxy groups -OCH3 is 1. The molecule has 0 radical (unpaired) electrons. The molecule has 0 saturated heterocycles. The van der Waals surface area contributed by atoms with Crippen LogP contribution < -0.4 is 10.5 Å². The van der Waals surface area contributed by atoms with E-state index in [0.29, 0.717) is 6.54 Å². The third-order valence-corrected chi connectivity index (χ3v) is 3.72. The lowest BCUT2D eigenvalue weighted by molar-refractivity contribution is 0.415. The quantitative estimate of drug-likeness (QED) is 0.865. The first-order valence-electron chi connectivity index (χ1n) is 5.02. The van der Waals surface area contributed by atoms with Crippen molar-refractivity contribution in [3.63, 3.8) is 0 Å². The standard InChI is InChI=1S/C12H15NOS/c1-8-10(5-6-13)11-7-9(14-2)3-4-12(11)15-8/h3-4,7H,5-6,13H2,1-2H3. The second kappa shape index (κ2) is 4.21. The SMILES string of the molecule is COc1ccc2sc(C)c(CCN)c2c1. The summed E-state index contributed by atoms with van der Waals surface area (Å²) in [6.07, 6.45) is 0.943. The fourth-order valence-corrected chi connectivity index (χ4v) is 2.93. The first-order chi connectivity index (χ1) is 7.26. The van der Waals surface area contributed by atoms with Gasteiger partial charge in [0.05, 0.1) is 7.11 Å². The molecular weight excluding hydrogens is 206 g/mol. The molecule has 3 heteroatoms. The second-order valence-corrected chi connectivity index (χ2v) is 4.79. The van der Waals surface area contributed by atoms with Gasteiger partial charge in [-0.2, -0.15) is 0 Å². The van der Waals surface area contributed by atoms with Crippen LogP contribution in [0.1, 0.15) is 10.4 Å². The van der Waals surface area contributed by atoms with Gasteiger partial charge in [0.25, 0.3) is 0 Å². The van der Waals surface area contributed by atoms with Crippen molar-refractivity contribution < 1.29 is 4.74 Å². The summed E-state index contributed by atoms with van der Waals surface area (Å²) in [5.74, 6) is 0.915. The third-order valence-electron chi connectivity index (χ3n) is 2.59. The maximum Gasteiger partial charge on any atom is 0.119 e. The van der Waals surface area contributed by atoms with E-state index in [1.807, 2.05) is 17.4 Å². The highest BCUT2D eigenvalue weighted by Gasteiger charge is 2.08. The molecule has 0 fully saturated rings. The Kier molecular flexibility index (Phi) is 2.93. The Morgan fingerprint density at radius 3 is 2.87 bits per heavy atom. The minimum absolute atomic E-state index is 0.698. The minimum Gasteiger partial charge on any atom is -0.497 e. The van der Waals surface area contributed by atoms with E-state index >= 15 is 0 Å². The molecule has 2 rings (SSSR count). The van der Waals surface area contributed by atoms with E-state index in [-0.39, 0.29) is 0 Å². The molecule has 2 aromatic rings. The number of hydrogen-bond acceptors (Lipinski definition) is 3. The molecule has 15 heavy (non-hydrogen) atoms. The molecule has 0 aliphatic carbocycles. The molecule has 0 bridgehead atoms. The lowest BCUT2D eigenvalue weighted by Crippen LogP contribution is -2.02. The van der Waals surface area contributed by atoms with Gasteiger partial charge in [-0.05, 0) is 49.0 Å². The first kappa shape index (κ1) is 10.5. The Labute approximate surface area is 93.7 Å². The van der Waals surface area contributed by atoms with Crippen molar-refractivity contribution in [1.29, 1.82) is 0 Å². The number of benzene rings is 1. The van der Waals surface area contributed by atoms with Gasteiger partial charge < -0.3 is 10.5 Å². The molecule has 0 aliphatic rings. The Hall–Kier alpha value is -1.06. The molecule has 0 aliphatic heterocycles. The van der Waals surface area contributed by atoms with Crippen LogP contribution in [0.25, 0.3) is 10.1 Å². The molecule has 0 amide bonds. The van der Waals surface area contributed by atoms with Crippen molar-refractivity contribution in [2.75, 3.05) is 13.7 Å². The summed E-state index contributed by atoms with van der Waals surface area (Å²) in [6.45, 7) is 2.85. The zero-order valence-electron chi connectivity index (χ0n) is 9.04. The Bertz CT molecular complexity index is 476. The van der Waals surface area contributed by atoms with Crippen LogP contribution >= 0.6 is 11.3 Å². The number of thiophene rings is 1. The molecule has 0 spiro atoms. The third kappa shape index (κ3) is 1.85. The van der Waals surface area contributed by atoms with Gasteiger partial charge in [0, 0.05) is 9.58 Å². The molecule has 1 heterocycles. The molecular formula is C12H15NOS. The zero-order valence-corrected chi connectivity index (χ0v) is 9.86.